The molecule has 3 aromatic carbocycles. The standard InChI is InChI=1S/C29H29N3O5S/c1-3-34-23-8-6-22(7-9-23)30-29(38)32(16-19-5-12-26-27(13-19)37-18-36-26)17-21-14-20-15-24(35-4-2)10-11-25(20)31-28(21)33/h5-15H,3-4,16-18H2,1-2H3,(H,30,38)(H,31,33). The number of hydrogen-bond donors (Lipinski definition) is 2. The van der Waals surface area contributed by atoms with Gasteiger partial charge in [-0.1, -0.05) is 6.07 Å². The highest BCUT2D eigenvalue weighted by Gasteiger charge is 2.18. The van der Waals surface area contributed by atoms with Crippen LogP contribution in [-0.4, -0.2) is 35.0 Å². The number of fused-ring (bicyclic) bond motifs is 2. The summed E-state index contributed by atoms with van der Waals surface area (Å²) in [5.41, 5.74) is 2.97. The van der Waals surface area contributed by atoms with Crippen molar-refractivity contribution in [2.75, 3.05) is 25.3 Å². The van der Waals surface area contributed by atoms with Crippen LogP contribution in [0, 0.1) is 0 Å². The minimum absolute atomic E-state index is 0.166. The zero-order valence-corrected chi connectivity index (χ0v) is 22.1. The molecule has 0 radical (unpaired) electrons. The maximum absolute atomic E-state index is 13.0. The van der Waals surface area contributed by atoms with Crippen LogP contribution in [0.5, 0.6) is 23.0 Å². The van der Waals surface area contributed by atoms with Crippen LogP contribution >= 0.6 is 12.2 Å². The molecular weight excluding hydrogens is 502 g/mol. The lowest BCUT2D eigenvalue weighted by atomic mass is 10.1. The molecule has 0 spiro atoms. The minimum Gasteiger partial charge on any atom is -0.494 e. The fourth-order valence-corrected chi connectivity index (χ4v) is 4.52. The summed E-state index contributed by atoms with van der Waals surface area (Å²) in [6.45, 7) is 6.00. The van der Waals surface area contributed by atoms with Gasteiger partial charge >= 0.3 is 0 Å². The number of aromatic nitrogens is 1. The van der Waals surface area contributed by atoms with Gasteiger partial charge < -0.3 is 34.1 Å². The molecule has 196 valence electrons. The van der Waals surface area contributed by atoms with Gasteiger partial charge in [0.15, 0.2) is 16.6 Å². The molecule has 9 heteroatoms. The van der Waals surface area contributed by atoms with E-state index >= 15 is 0 Å². The van der Waals surface area contributed by atoms with Crippen molar-refractivity contribution in [2.24, 2.45) is 0 Å². The summed E-state index contributed by atoms with van der Waals surface area (Å²) < 4.78 is 22.2. The van der Waals surface area contributed by atoms with Crippen LogP contribution in [0.15, 0.2) is 71.5 Å². The number of ether oxygens (including phenoxy) is 4. The van der Waals surface area contributed by atoms with Crippen molar-refractivity contribution in [2.45, 2.75) is 26.9 Å². The Balaban J connectivity index is 1.43. The first kappa shape index (κ1) is 25.4. The Morgan fingerprint density at radius 3 is 2.45 bits per heavy atom. The van der Waals surface area contributed by atoms with E-state index < -0.39 is 0 Å². The molecule has 38 heavy (non-hydrogen) atoms. The lowest BCUT2D eigenvalue weighted by Crippen LogP contribution is -2.35. The largest absolute Gasteiger partial charge is 0.494 e. The van der Waals surface area contributed by atoms with E-state index in [2.05, 4.69) is 10.3 Å². The molecule has 8 nitrogen and oxygen atoms in total. The zero-order valence-electron chi connectivity index (χ0n) is 21.3. The van der Waals surface area contributed by atoms with E-state index in [1.165, 1.54) is 0 Å². The first-order valence-electron chi connectivity index (χ1n) is 12.5. The van der Waals surface area contributed by atoms with Crippen LogP contribution in [-0.2, 0) is 13.1 Å². The van der Waals surface area contributed by atoms with E-state index in [1.807, 2.05) is 85.5 Å². The molecule has 0 saturated carbocycles. The van der Waals surface area contributed by atoms with Gasteiger partial charge in [-0.25, -0.2) is 0 Å². The van der Waals surface area contributed by atoms with Crippen LogP contribution in [0.25, 0.3) is 10.9 Å². The van der Waals surface area contributed by atoms with E-state index in [9.17, 15) is 4.79 Å². The molecule has 1 aromatic heterocycles. The summed E-state index contributed by atoms with van der Waals surface area (Å²) in [7, 11) is 0. The number of pyridine rings is 1. The van der Waals surface area contributed by atoms with Crippen molar-refractivity contribution in [3.8, 4) is 23.0 Å². The first-order chi connectivity index (χ1) is 18.5. The summed E-state index contributed by atoms with van der Waals surface area (Å²) >= 11 is 5.83. The maximum atomic E-state index is 13.0. The smallest absolute Gasteiger partial charge is 0.253 e. The normalized spacial score (nSPS) is 11.8. The van der Waals surface area contributed by atoms with E-state index in [0.717, 1.165) is 33.7 Å². The summed E-state index contributed by atoms with van der Waals surface area (Å²) in [5, 5.41) is 4.67. The lowest BCUT2D eigenvalue weighted by molar-refractivity contribution is 0.174. The minimum atomic E-state index is -0.166. The molecule has 1 aliphatic heterocycles. The summed E-state index contributed by atoms with van der Waals surface area (Å²) in [6.07, 6.45) is 0. The highest BCUT2D eigenvalue weighted by atomic mass is 32.1. The topological polar surface area (TPSA) is 85.1 Å². The maximum Gasteiger partial charge on any atom is 0.253 e. The van der Waals surface area contributed by atoms with Crippen LogP contribution in [0.3, 0.4) is 0 Å². The summed E-state index contributed by atoms with van der Waals surface area (Å²) in [5.74, 6) is 2.95. The van der Waals surface area contributed by atoms with E-state index in [-0.39, 0.29) is 12.4 Å². The van der Waals surface area contributed by atoms with Crippen molar-refractivity contribution in [1.29, 1.82) is 0 Å². The molecule has 0 atom stereocenters. The van der Waals surface area contributed by atoms with Crippen LogP contribution in [0.4, 0.5) is 5.69 Å². The molecule has 0 aliphatic carbocycles. The molecule has 4 aromatic rings. The number of aromatic amines is 1. The predicted octanol–water partition coefficient (Wildman–Crippen LogP) is 5.45. The number of nitrogens with one attached hydrogen (secondary N) is 2. The average Bonchev–Trinajstić information content (AvgIpc) is 3.38. The van der Waals surface area contributed by atoms with Crippen LogP contribution in [0.1, 0.15) is 25.0 Å². The molecule has 2 N–H and O–H groups in total. The highest BCUT2D eigenvalue weighted by Crippen LogP contribution is 2.33. The van der Waals surface area contributed by atoms with Gasteiger partial charge in [-0.2, -0.15) is 0 Å². The van der Waals surface area contributed by atoms with Crippen molar-refractivity contribution in [3.63, 3.8) is 0 Å². The monoisotopic (exact) mass is 531 g/mol. The summed E-state index contributed by atoms with van der Waals surface area (Å²) in [4.78, 5) is 18.0. The second-order valence-corrected chi connectivity index (χ2v) is 9.12. The van der Waals surface area contributed by atoms with Gasteiger partial charge in [-0.05, 0) is 92.3 Å². The lowest BCUT2D eigenvalue weighted by Gasteiger charge is -2.26. The first-order valence-corrected chi connectivity index (χ1v) is 12.9. The third kappa shape index (κ3) is 5.84. The SMILES string of the molecule is CCOc1ccc(NC(=S)N(Cc2ccc3c(c2)OCO3)Cc2cc3cc(OCC)ccc3[nH]c2=O)cc1. The fourth-order valence-electron chi connectivity index (χ4n) is 4.27. The third-order valence-electron chi connectivity index (χ3n) is 6.08. The van der Waals surface area contributed by atoms with E-state index in [0.29, 0.717) is 48.5 Å². The summed E-state index contributed by atoms with van der Waals surface area (Å²) in [6, 6.07) is 20.9. The molecule has 0 unspecified atom stereocenters. The number of hydrogen-bond acceptors (Lipinski definition) is 6. The number of rotatable bonds is 9. The van der Waals surface area contributed by atoms with Crippen molar-refractivity contribution >= 4 is 33.9 Å². The van der Waals surface area contributed by atoms with Crippen LogP contribution in [0.2, 0.25) is 0 Å². The van der Waals surface area contributed by atoms with Crippen molar-refractivity contribution in [1.82, 2.24) is 9.88 Å². The van der Waals surface area contributed by atoms with Crippen molar-refractivity contribution in [3.05, 3.63) is 88.2 Å². The molecule has 0 bridgehead atoms. The number of thiocarbonyl (C=S) groups is 1. The Bertz CT molecular complexity index is 1500. The Morgan fingerprint density at radius 2 is 1.66 bits per heavy atom. The molecule has 0 amide bonds. The van der Waals surface area contributed by atoms with E-state index in [4.69, 9.17) is 31.2 Å². The molecular formula is C29H29N3O5S. The molecule has 2 heterocycles. The Morgan fingerprint density at radius 1 is 0.921 bits per heavy atom. The van der Waals surface area contributed by atoms with Gasteiger partial charge in [-0.3, -0.25) is 4.79 Å². The number of H-pyrrole nitrogens is 1. The second kappa shape index (κ2) is 11.4. The molecule has 5 rings (SSSR count). The molecule has 1 aliphatic rings. The Hall–Kier alpha value is -4.24. The predicted molar refractivity (Wildman–Crippen MR) is 151 cm³/mol. The van der Waals surface area contributed by atoms with Gasteiger partial charge in [-0.15, -0.1) is 0 Å². The van der Waals surface area contributed by atoms with Gasteiger partial charge in [0, 0.05) is 28.7 Å². The van der Waals surface area contributed by atoms with Crippen molar-refractivity contribution < 1.29 is 18.9 Å². The van der Waals surface area contributed by atoms with Gasteiger partial charge in [0.25, 0.3) is 5.56 Å². The molecule has 0 fully saturated rings. The zero-order chi connectivity index (χ0) is 26.5. The second-order valence-electron chi connectivity index (χ2n) is 8.74. The third-order valence-corrected chi connectivity index (χ3v) is 6.44. The quantitative estimate of drug-likeness (QED) is 0.276. The number of benzene rings is 3. The highest BCUT2D eigenvalue weighted by molar-refractivity contribution is 7.80. The average molecular weight is 532 g/mol. The van der Waals surface area contributed by atoms with Gasteiger partial charge in [0.05, 0.1) is 19.8 Å². The number of nitrogens with zero attached hydrogens (tertiary/aromatic N) is 1. The van der Waals surface area contributed by atoms with Crippen LogP contribution < -0.4 is 29.8 Å². The number of anilines is 1. The van der Waals surface area contributed by atoms with Gasteiger partial charge in [0.2, 0.25) is 6.79 Å². The molecule has 0 saturated heterocycles. The Labute approximate surface area is 226 Å². The fraction of sp³-hybridized carbons (Fsp3) is 0.241. The Kier molecular flexibility index (Phi) is 7.65. The van der Waals surface area contributed by atoms with E-state index in [1.54, 1.807) is 0 Å². The van der Waals surface area contributed by atoms with Gasteiger partial charge in [0.1, 0.15) is 11.5 Å².